The third-order valence-corrected chi connectivity index (χ3v) is 2.89. The Hall–Kier alpha value is -2.47. The Kier molecular flexibility index (Phi) is 2.64. The first-order valence-electron chi connectivity index (χ1n) is 5.51. The average molecular weight is 272 g/mol. The van der Waals surface area contributed by atoms with Crippen molar-refractivity contribution in [1.82, 2.24) is 9.97 Å². The molecule has 2 heterocycles. The Morgan fingerprint density at radius 3 is 2.53 bits per heavy atom. The highest BCUT2D eigenvalue weighted by Crippen LogP contribution is 2.19. The summed E-state index contributed by atoms with van der Waals surface area (Å²) < 4.78 is 5.66. The summed E-state index contributed by atoms with van der Waals surface area (Å²) in [6.07, 6.45) is 0. The van der Waals surface area contributed by atoms with Crippen LogP contribution in [0.1, 0.15) is 0 Å². The van der Waals surface area contributed by atoms with E-state index >= 15 is 0 Å². The quantitative estimate of drug-likeness (QED) is 0.666. The van der Waals surface area contributed by atoms with E-state index in [2.05, 4.69) is 9.97 Å². The van der Waals surface area contributed by atoms with E-state index in [-0.39, 0.29) is 15.9 Å². The van der Waals surface area contributed by atoms with Crippen molar-refractivity contribution in [3.05, 3.63) is 61.7 Å². The molecule has 0 radical (unpaired) electrons. The number of fused-ring (bicyclic) bond motifs is 1. The van der Waals surface area contributed by atoms with Crippen LogP contribution in [0.2, 0.25) is 0 Å². The highest BCUT2D eigenvalue weighted by molar-refractivity contribution is 7.71. The predicted octanol–water partition coefficient (Wildman–Crippen LogP) is 2.21. The molecule has 1 aromatic carbocycles. The Morgan fingerprint density at radius 2 is 1.79 bits per heavy atom. The minimum atomic E-state index is -0.549. The molecule has 0 unspecified atom stereocenters. The van der Waals surface area contributed by atoms with Crippen molar-refractivity contribution in [2.45, 2.75) is 0 Å². The molecule has 2 aromatic heterocycles. The molecule has 0 amide bonds. The van der Waals surface area contributed by atoms with Crippen LogP contribution < -0.4 is 11.0 Å². The van der Waals surface area contributed by atoms with E-state index in [1.165, 1.54) is 6.07 Å². The van der Waals surface area contributed by atoms with Gasteiger partial charge in [0.25, 0.3) is 5.56 Å². The number of benzene rings is 1. The van der Waals surface area contributed by atoms with Gasteiger partial charge in [0.2, 0.25) is 11.1 Å². The van der Waals surface area contributed by atoms with Gasteiger partial charge in [-0.2, -0.15) is 0 Å². The standard InChI is InChI=1S/C13H8N2O3S/c16-8-6-9(7-4-2-1-3-5-7)18-12-10(8)11(17)14-13(19)15-12/h1-6H,(H2,14,15,17,19). The topological polar surface area (TPSA) is 78.9 Å². The van der Waals surface area contributed by atoms with Gasteiger partial charge in [0.05, 0.1) is 0 Å². The molecule has 94 valence electrons. The van der Waals surface area contributed by atoms with Crippen molar-refractivity contribution in [1.29, 1.82) is 0 Å². The fraction of sp³-hybridized carbons (Fsp3) is 0. The second-order valence-electron chi connectivity index (χ2n) is 3.95. The molecule has 0 aliphatic heterocycles. The molecular formula is C13H8N2O3S. The first-order valence-corrected chi connectivity index (χ1v) is 5.92. The van der Waals surface area contributed by atoms with Crippen LogP contribution in [0.15, 0.2) is 50.4 Å². The zero-order valence-corrected chi connectivity index (χ0v) is 10.4. The maximum atomic E-state index is 12.0. The molecule has 3 rings (SSSR count). The Balaban J connectivity index is 2.41. The summed E-state index contributed by atoms with van der Waals surface area (Å²) in [5.41, 5.74) is -0.124. The molecule has 0 fully saturated rings. The van der Waals surface area contributed by atoms with E-state index in [0.717, 1.165) is 5.56 Å². The third-order valence-electron chi connectivity index (χ3n) is 2.69. The lowest BCUT2D eigenvalue weighted by Gasteiger charge is -2.02. The number of hydrogen-bond acceptors (Lipinski definition) is 4. The molecular weight excluding hydrogens is 264 g/mol. The Morgan fingerprint density at radius 1 is 1.05 bits per heavy atom. The van der Waals surface area contributed by atoms with Gasteiger partial charge in [-0.3, -0.25) is 14.6 Å². The maximum Gasteiger partial charge on any atom is 0.266 e. The van der Waals surface area contributed by atoms with E-state index in [9.17, 15) is 9.59 Å². The minimum absolute atomic E-state index is 0.0618. The van der Waals surface area contributed by atoms with Crippen LogP contribution in [0, 0.1) is 4.77 Å². The normalized spacial score (nSPS) is 10.7. The molecule has 0 aliphatic carbocycles. The van der Waals surface area contributed by atoms with Crippen LogP contribution in [-0.4, -0.2) is 9.97 Å². The molecule has 0 spiro atoms. The molecule has 0 bridgehead atoms. The lowest BCUT2D eigenvalue weighted by Crippen LogP contribution is -2.16. The lowest BCUT2D eigenvalue weighted by atomic mass is 10.1. The van der Waals surface area contributed by atoms with Crippen molar-refractivity contribution in [2.75, 3.05) is 0 Å². The van der Waals surface area contributed by atoms with Crippen molar-refractivity contribution >= 4 is 23.3 Å². The zero-order chi connectivity index (χ0) is 13.4. The van der Waals surface area contributed by atoms with Crippen molar-refractivity contribution in [3.63, 3.8) is 0 Å². The second kappa shape index (κ2) is 4.33. The largest absolute Gasteiger partial charge is 0.439 e. The predicted molar refractivity (Wildman–Crippen MR) is 73.7 cm³/mol. The van der Waals surface area contributed by atoms with Crippen molar-refractivity contribution in [3.8, 4) is 11.3 Å². The van der Waals surface area contributed by atoms with Gasteiger partial charge in [-0.1, -0.05) is 30.3 Å². The minimum Gasteiger partial charge on any atom is -0.439 e. The summed E-state index contributed by atoms with van der Waals surface area (Å²) in [7, 11) is 0. The van der Waals surface area contributed by atoms with Gasteiger partial charge >= 0.3 is 0 Å². The highest BCUT2D eigenvalue weighted by atomic mass is 32.1. The molecule has 2 N–H and O–H groups in total. The van der Waals surface area contributed by atoms with E-state index < -0.39 is 11.0 Å². The number of hydrogen-bond donors (Lipinski definition) is 2. The van der Waals surface area contributed by atoms with Crippen LogP contribution in [0.4, 0.5) is 0 Å². The smallest absolute Gasteiger partial charge is 0.266 e. The Labute approximate surface area is 111 Å². The van der Waals surface area contributed by atoms with Crippen molar-refractivity contribution in [2.24, 2.45) is 0 Å². The zero-order valence-electron chi connectivity index (χ0n) is 9.60. The average Bonchev–Trinajstić information content (AvgIpc) is 2.38. The highest BCUT2D eigenvalue weighted by Gasteiger charge is 2.10. The molecule has 5 nitrogen and oxygen atoms in total. The summed E-state index contributed by atoms with van der Waals surface area (Å²) in [5, 5.41) is -0.0618. The fourth-order valence-electron chi connectivity index (χ4n) is 1.84. The number of H-pyrrole nitrogens is 2. The lowest BCUT2D eigenvalue weighted by molar-refractivity contribution is 0.602. The summed E-state index contributed by atoms with van der Waals surface area (Å²) in [5.74, 6) is 0.384. The van der Waals surface area contributed by atoms with E-state index in [4.69, 9.17) is 16.6 Å². The number of aromatic amines is 2. The van der Waals surface area contributed by atoms with Gasteiger partial charge in [-0.15, -0.1) is 0 Å². The van der Waals surface area contributed by atoms with Crippen LogP contribution in [-0.2, 0) is 0 Å². The molecule has 0 saturated heterocycles. The summed E-state index contributed by atoms with van der Waals surface area (Å²) in [6.45, 7) is 0. The van der Waals surface area contributed by atoms with E-state index in [0.29, 0.717) is 5.76 Å². The van der Waals surface area contributed by atoms with Gasteiger partial charge in [0.1, 0.15) is 11.1 Å². The molecule has 0 aliphatic rings. The first-order chi connectivity index (χ1) is 9.15. The Bertz CT molecular complexity index is 922. The first kappa shape index (κ1) is 11.6. The summed E-state index contributed by atoms with van der Waals surface area (Å²) >= 11 is 4.86. The monoisotopic (exact) mass is 272 g/mol. The van der Waals surface area contributed by atoms with Gasteiger partial charge in [0.15, 0.2) is 4.77 Å². The van der Waals surface area contributed by atoms with E-state index in [1.54, 1.807) is 0 Å². The summed E-state index contributed by atoms with van der Waals surface area (Å²) in [4.78, 5) is 28.7. The summed E-state index contributed by atoms with van der Waals surface area (Å²) in [6, 6.07) is 10.4. The van der Waals surface area contributed by atoms with Crippen LogP contribution in [0.25, 0.3) is 22.4 Å². The van der Waals surface area contributed by atoms with Crippen molar-refractivity contribution < 1.29 is 4.42 Å². The van der Waals surface area contributed by atoms with Gasteiger partial charge in [-0.25, -0.2) is 0 Å². The molecule has 19 heavy (non-hydrogen) atoms. The number of aromatic nitrogens is 2. The van der Waals surface area contributed by atoms with Gasteiger partial charge in [0, 0.05) is 11.6 Å². The molecule has 0 atom stereocenters. The molecule has 6 heteroatoms. The molecule has 3 aromatic rings. The van der Waals surface area contributed by atoms with Crippen LogP contribution in [0.5, 0.6) is 0 Å². The SMILES string of the molecule is O=c1cc(-c2ccccc2)oc2[nH]c(=S)[nH]c(=O)c12. The maximum absolute atomic E-state index is 12.0. The third kappa shape index (κ3) is 2.02. The van der Waals surface area contributed by atoms with Crippen LogP contribution >= 0.6 is 12.2 Å². The fourth-order valence-corrected chi connectivity index (χ4v) is 2.03. The van der Waals surface area contributed by atoms with Gasteiger partial charge in [-0.05, 0) is 12.2 Å². The van der Waals surface area contributed by atoms with Crippen LogP contribution in [0.3, 0.4) is 0 Å². The second-order valence-corrected chi connectivity index (χ2v) is 4.36. The number of nitrogens with one attached hydrogen (secondary N) is 2. The van der Waals surface area contributed by atoms with Gasteiger partial charge < -0.3 is 9.40 Å². The molecule has 0 saturated carbocycles. The number of rotatable bonds is 1. The van der Waals surface area contributed by atoms with E-state index in [1.807, 2.05) is 30.3 Å².